The van der Waals surface area contributed by atoms with E-state index in [0.29, 0.717) is 0 Å². The Balaban J connectivity index is 2.28. The minimum Gasteiger partial charge on any atom is -0.307 e. The SMILES string of the molecule is BrCNCCc1ccccn1. The Morgan fingerprint density at radius 3 is 3.00 bits per heavy atom. The van der Waals surface area contributed by atoms with Crippen LogP contribution in [0.2, 0.25) is 0 Å². The summed E-state index contributed by atoms with van der Waals surface area (Å²) in [4.78, 5) is 4.20. The molecule has 0 aromatic carbocycles. The molecular formula is C8H11BrN2. The van der Waals surface area contributed by atoms with Crippen molar-refractivity contribution in [2.24, 2.45) is 0 Å². The normalized spacial score (nSPS) is 9.91. The zero-order valence-corrected chi connectivity index (χ0v) is 7.84. The first-order valence-corrected chi connectivity index (χ1v) is 4.72. The second-order valence-corrected chi connectivity index (χ2v) is 2.77. The molecule has 1 heterocycles. The maximum atomic E-state index is 4.20. The first-order chi connectivity index (χ1) is 5.43. The van der Waals surface area contributed by atoms with Gasteiger partial charge in [0.05, 0.1) is 5.45 Å². The highest BCUT2D eigenvalue weighted by atomic mass is 79.9. The first kappa shape index (κ1) is 8.68. The first-order valence-electron chi connectivity index (χ1n) is 3.60. The van der Waals surface area contributed by atoms with Crippen molar-refractivity contribution in [3.05, 3.63) is 30.1 Å². The molecule has 0 spiro atoms. The van der Waals surface area contributed by atoms with Crippen LogP contribution in [0, 0.1) is 0 Å². The number of rotatable bonds is 4. The van der Waals surface area contributed by atoms with Crippen molar-refractivity contribution in [1.82, 2.24) is 10.3 Å². The lowest BCUT2D eigenvalue weighted by atomic mass is 10.3. The highest BCUT2D eigenvalue weighted by molar-refractivity contribution is 9.09. The Morgan fingerprint density at radius 1 is 1.45 bits per heavy atom. The van der Waals surface area contributed by atoms with Crippen molar-refractivity contribution in [2.45, 2.75) is 6.42 Å². The molecule has 1 N–H and O–H groups in total. The van der Waals surface area contributed by atoms with Crippen LogP contribution in [0.4, 0.5) is 0 Å². The minimum atomic E-state index is 0.847. The summed E-state index contributed by atoms with van der Waals surface area (Å²) in [5.74, 6) is 0. The van der Waals surface area contributed by atoms with E-state index in [2.05, 4.69) is 26.2 Å². The average molecular weight is 215 g/mol. The molecule has 0 unspecified atom stereocenters. The summed E-state index contributed by atoms with van der Waals surface area (Å²) in [5.41, 5.74) is 1.99. The van der Waals surface area contributed by atoms with E-state index in [1.165, 1.54) is 0 Å². The molecule has 2 nitrogen and oxygen atoms in total. The Labute approximate surface area is 75.2 Å². The fourth-order valence-electron chi connectivity index (χ4n) is 0.829. The molecule has 0 amide bonds. The number of alkyl halides is 1. The Kier molecular flexibility index (Phi) is 4.16. The van der Waals surface area contributed by atoms with Crippen LogP contribution in [0.15, 0.2) is 24.4 Å². The summed E-state index contributed by atoms with van der Waals surface area (Å²) in [5, 5.41) is 3.17. The molecule has 0 saturated heterocycles. The van der Waals surface area contributed by atoms with E-state index in [4.69, 9.17) is 0 Å². The molecule has 1 aromatic heterocycles. The van der Waals surface area contributed by atoms with E-state index in [0.717, 1.165) is 24.1 Å². The van der Waals surface area contributed by atoms with Gasteiger partial charge in [0.2, 0.25) is 0 Å². The predicted molar refractivity (Wildman–Crippen MR) is 49.7 cm³/mol. The Hall–Kier alpha value is -0.410. The van der Waals surface area contributed by atoms with Crippen LogP contribution < -0.4 is 5.32 Å². The van der Waals surface area contributed by atoms with E-state index in [1.54, 1.807) is 0 Å². The maximum absolute atomic E-state index is 4.20. The number of nitrogens with one attached hydrogen (secondary N) is 1. The van der Waals surface area contributed by atoms with E-state index >= 15 is 0 Å². The van der Waals surface area contributed by atoms with Crippen molar-refractivity contribution in [1.29, 1.82) is 0 Å². The largest absolute Gasteiger partial charge is 0.307 e. The van der Waals surface area contributed by atoms with Gasteiger partial charge in [-0.1, -0.05) is 22.0 Å². The molecular weight excluding hydrogens is 204 g/mol. The van der Waals surface area contributed by atoms with Crippen molar-refractivity contribution >= 4 is 15.9 Å². The van der Waals surface area contributed by atoms with Crippen LogP contribution >= 0.6 is 15.9 Å². The van der Waals surface area contributed by atoms with Crippen molar-refractivity contribution in [3.8, 4) is 0 Å². The predicted octanol–water partition coefficient (Wildman–Crippen LogP) is 1.57. The molecule has 0 aliphatic carbocycles. The van der Waals surface area contributed by atoms with Gasteiger partial charge in [-0.25, -0.2) is 0 Å². The highest BCUT2D eigenvalue weighted by Crippen LogP contribution is 1.92. The van der Waals surface area contributed by atoms with Crippen LogP contribution in [0.25, 0.3) is 0 Å². The lowest BCUT2D eigenvalue weighted by Gasteiger charge is -1.98. The van der Waals surface area contributed by atoms with Gasteiger partial charge >= 0.3 is 0 Å². The zero-order chi connectivity index (χ0) is 7.94. The lowest BCUT2D eigenvalue weighted by Crippen LogP contribution is -2.14. The zero-order valence-electron chi connectivity index (χ0n) is 6.26. The number of halogens is 1. The van der Waals surface area contributed by atoms with Crippen LogP contribution in [0.1, 0.15) is 5.69 Å². The van der Waals surface area contributed by atoms with E-state index in [1.807, 2.05) is 24.4 Å². The van der Waals surface area contributed by atoms with Gasteiger partial charge in [-0.15, -0.1) is 0 Å². The van der Waals surface area contributed by atoms with E-state index in [-0.39, 0.29) is 0 Å². The molecule has 0 saturated carbocycles. The van der Waals surface area contributed by atoms with Crippen LogP contribution in [0.5, 0.6) is 0 Å². The van der Waals surface area contributed by atoms with Crippen LogP contribution in [-0.2, 0) is 6.42 Å². The molecule has 0 aliphatic rings. The third-order valence-electron chi connectivity index (χ3n) is 1.38. The summed E-state index contributed by atoms with van der Waals surface area (Å²) in [6, 6.07) is 5.98. The monoisotopic (exact) mass is 214 g/mol. The molecule has 1 aromatic rings. The summed E-state index contributed by atoms with van der Waals surface area (Å²) in [7, 11) is 0. The standard InChI is InChI=1S/C8H11BrN2/c9-7-10-6-4-8-3-1-2-5-11-8/h1-3,5,10H,4,6-7H2. The molecule has 11 heavy (non-hydrogen) atoms. The lowest BCUT2D eigenvalue weighted by molar-refractivity contribution is 0.765. The Morgan fingerprint density at radius 2 is 2.36 bits per heavy atom. The molecule has 0 atom stereocenters. The molecule has 0 radical (unpaired) electrons. The van der Waals surface area contributed by atoms with Gasteiger partial charge in [-0.05, 0) is 12.1 Å². The van der Waals surface area contributed by atoms with Crippen molar-refractivity contribution in [3.63, 3.8) is 0 Å². The van der Waals surface area contributed by atoms with Gasteiger partial charge in [0, 0.05) is 24.9 Å². The summed E-state index contributed by atoms with van der Waals surface area (Å²) in [6.07, 6.45) is 2.82. The summed E-state index contributed by atoms with van der Waals surface area (Å²) in [6.45, 7) is 0.974. The van der Waals surface area contributed by atoms with E-state index in [9.17, 15) is 0 Å². The summed E-state index contributed by atoms with van der Waals surface area (Å²) < 4.78 is 0. The molecule has 0 bridgehead atoms. The molecule has 60 valence electrons. The molecule has 3 heteroatoms. The fourth-order valence-corrected chi connectivity index (χ4v) is 1.11. The molecule has 1 rings (SSSR count). The average Bonchev–Trinajstić information content (AvgIpc) is 2.07. The van der Waals surface area contributed by atoms with Crippen LogP contribution in [0.3, 0.4) is 0 Å². The number of aromatic nitrogens is 1. The Bertz CT molecular complexity index is 189. The van der Waals surface area contributed by atoms with Gasteiger partial charge in [0.15, 0.2) is 0 Å². The van der Waals surface area contributed by atoms with Gasteiger partial charge in [-0.2, -0.15) is 0 Å². The molecule has 0 aliphatic heterocycles. The fraction of sp³-hybridized carbons (Fsp3) is 0.375. The summed E-state index contributed by atoms with van der Waals surface area (Å²) >= 11 is 3.29. The van der Waals surface area contributed by atoms with Gasteiger partial charge in [0.25, 0.3) is 0 Å². The van der Waals surface area contributed by atoms with Gasteiger partial charge < -0.3 is 5.32 Å². The number of hydrogen-bond donors (Lipinski definition) is 1. The molecule has 0 fully saturated rings. The van der Waals surface area contributed by atoms with E-state index < -0.39 is 0 Å². The third-order valence-corrected chi connectivity index (χ3v) is 1.78. The number of pyridine rings is 1. The van der Waals surface area contributed by atoms with Crippen LogP contribution in [-0.4, -0.2) is 17.0 Å². The van der Waals surface area contributed by atoms with Crippen molar-refractivity contribution < 1.29 is 0 Å². The third kappa shape index (κ3) is 3.49. The minimum absolute atomic E-state index is 0.847. The second-order valence-electron chi connectivity index (χ2n) is 2.20. The number of hydrogen-bond acceptors (Lipinski definition) is 2. The van der Waals surface area contributed by atoms with Crippen molar-refractivity contribution in [2.75, 3.05) is 12.0 Å². The maximum Gasteiger partial charge on any atom is 0.0517 e. The number of nitrogens with zero attached hydrogens (tertiary/aromatic N) is 1. The second kappa shape index (κ2) is 5.27. The topological polar surface area (TPSA) is 24.9 Å². The highest BCUT2D eigenvalue weighted by Gasteiger charge is 1.90. The van der Waals surface area contributed by atoms with Gasteiger partial charge in [0.1, 0.15) is 0 Å². The van der Waals surface area contributed by atoms with Gasteiger partial charge in [-0.3, -0.25) is 4.98 Å². The smallest absolute Gasteiger partial charge is 0.0517 e. The quantitative estimate of drug-likeness (QED) is 0.468.